The maximum atomic E-state index is 14.3. The second kappa shape index (κ2) is 10.7. The van der Waals surface area contributed by atoms with Gasteiger partial charge in [0.05, 0.1) is 24.5 Å². The number of esters is 1. The topological polar surface area (TPSA) is 95.0 Å². The Bertz CT molecular complexity index is 1230. The molecule has 1 aliphatic rings. The first-order valence-corrected chi connectivity index (χ1v) is 12.0. The second-order valence-electron chi connectivity index (χ2n) is 7.49. The number of rotatable bonds is 8. The quantitative estimate of drug-likeness (QED) is 0.452. The van der Waals surface area contributed by atoms with Gasteiger partial charge in [-0.3, -0.25) is 4.98 Å². The van der Waals surface area contributed by atoms with Crippen LogP contribution in [-0.2, 0) is 32.7 Å². The highest BCUT2D eigenvalue weighted by Gasteiger charge is 2.30. The lowest BCUT2D eigenvalue weighted by atomic mass is 10.2. The summed E-state index contributed by atoms with van der Waals surface area (Å²) in [5, 5.41) is 0. The molecule has 0 aliphatic carbocycles. The number of carbonyl (C=O) groups excluding carboxylic acids is 1. The monoisotopic (exact) mass is 486 g/mol. The number of nitrogens with zero attached hydrogens (tertiary/aromatic N) is 2. The van der Waals surface area contributed by atoms with Crippen molar-refractivity contribution < 1.29 is 31.8 Å². The van der Waals surface area contributed by atoms with Crippen molar-refractivity contribution >= 4 is 16.0 Å². The van der Waals surface area contributed by atoms with Crippen LogP contribution in [-0.4, -0.2) is 50.0 Å². The van der Waals surface area contributed by atoms with Gasteiger partial charge < -0.3 is 14.2 Å². The molecule has 3 aromatic rings. The minimum atomic E-state index is -4.09. The number of sulfonamides is 1. The van der Waals surface area contributed by atoms with Crippen LogP contribution in [0.5, 0.6) is 5.75 Å². The normalized spacial score (nSPS) is 14.5. The van der Waals surface area contributed by atoms with E-state index in [9.17, 15) is 17.6 Å². The number of aromatic nitrogens is 1. The maximum absolute atomic E-state index is 14.3. The van der Waals surface area contributed by atoms with Crippen molar-refractivity contribution in [3.8, 4) is 5.75 Å². The third kappa shape index (κ3) is 5.77. The lowest BCUT2D eigenvalue weighted by Crippen LogP contribution is -2.41. The summed E-state index contributed by atoms with van der Waals surface area (Å²) in [4.78, 5) is 16.1. The molecule has 0 N–H and O–H groups in total. The fourth-order valence-electron chi connectivity index (χ4n) is 3.31. The van der Waals surface area contributed by atoms with Gasteiger partial charge in [-0.15, -0.1) is 0 Å². The Hall–Kier alpha value is -3.34. The minimum absolute atomic E-state index is 0.0394. The number of morpholine rings is 1. The van der Waals surface area contributed by atoms with E-state index < -0.39 is 26.7 Å². The summed E-state index contributed by atoms with van der Waals surface area (Å²) in [6.45, 7) is 0.999. The Morgan fingerprint density at radius 2 is 1.79 bits per heavy atom. The van der Waals surface area contributed by atoms with Crippen molar-refractivity contribution in [2.45, 2.75) is 18.1 Å². The zero-order valence-corrected chi connectivity index (χ0v) is 19.0. The van der Waals surface area contributed by atoms with E-state index in [1.807, 2.05) is 18.2 Å². The molecule has 0 radical (unpaired) electrons. The fraction of sp³-hybridized carbons (Fsp3) is 0.250. The highest BCUT2D eigenvalue weighted by molar-refractivity contribution is 7.89. The molecule has 178 valence electrons. The Morgan fingerprint density at radius 3 is 2.50 bits per heavy atom. The number of pyridine rings is 1. The molecule has 0 unspecified atom stereocenters. The van der Waals surface area contributed by atoms with Crippen LogP contribution in [0.3, 0.4) is 0 Å². The Balaban J connectivity index is 1.37. The molecule has 2 heterocycles. The maximum Gasteiger partial charge on any atom is 0.338 e. The molecule has 1 aliphatic heterocycles. The predicted molar refractivity (Wildman–Crippen MR) is 120 cm³/mol. The molecule has 8 nitrogen and oxygen atoms in total. The lowest BCUT2D eigenvalue weighted by Gasteiger charge is -2.26. The first-order valence-electron chi connectivity index (χ1n) is 10.6. The van der Waals surface area contributed by atoms with Gasteiger partial charge in [0.1, 0.15) is 29.7 Å². The molecule has 2 aromatic carbocycles. The first kappa shape index (κ1) is 23.8. The Labute approximate surface area is 197 Å². The van der Waals surface area contributed by atoms with Crippen molar-refractivity contribution in [3.63, 3.8) is 0 Å². The van der Waals surface area contributed by atoms with Gasteiger partial charge in [0, 0.05) is 19.3 Å². The number of hydrogen-bond donors (Lipinski definition) is 0. The van der Waals surface area contributed by atoms with Gasteiger partial charge in [-0.25, -0.2) is 17.6 Å². The summed E-state index contributed by atoms with van der Waals surface area (Å²) >= 11 is 0. The van der Waals surface area contributed by atoms with Crippen molar-refractivity contribution in [2.75, 3.05) is 26.3 Å². The van der Waals surface area contributed by atoms with Crippen LogP contribution in [0.15, 0.2) is 71.8 Å². The average molecular weight is 487 g/mol. The number of hydrogen-bond acceptors (Lipinski definition) is 7. The van der Waals surface area contributed by atoms with Crippen LogP contribution in [0.2, 0.25) is 0 Å². The minimum Gasteiger partial charge on any atom is -0.487 e. The molecule has 0 bridgehead atoms. The van der Waals surface area contributed by atoms with E-state index in [1.165, 1.54) is 6.07 Å². The summed E-state index contributed by atoms with van der Waals surface area (Å²) in [5.74, 6) is -1.05. The van der Waals surface area contributed by atoms with Crippen LogP contribution < -0.4 is 4.74 Å². The van der Waals surface area contributed by atoms with Crippen molar-refractivity contribution in [1.82, 2.24) is 9.29 Å². The summed E-state index contributed by atoms with van der Waals surface area (Å²) in [6, 6.07) is 15.7. The molecule has 10 heteroatoms. The van der Waals surface area contributed by atoms with E-state index in [-0.39, 0.29) is 38.5 Å². The van der Waals surface area contributed by atoms with Crippen molar-refractivity contribution in [1.29, 1.82) is 0 Å². The zero-order valence-electron chi connectivity index (χ0n) is 18.2. The summed E-state index contributed by atoms with van der Waals surface area (Å²) in [6.07, 6.45) is 1.69. The number of ether oxygens (including phenoxy) is 3. The van der Waals surface area contributed by atoms with Gasteiger partial charge in [-0.05, 0) is 48.0 Å². The molecule has 34 heavy (non-hydrogen) atoms. The fourth-order valence-corrected chi connectivity index (χ4v) is 4.81. The van der Waals surface area contributed by atoms with E-state index in [4.69, 9.17) is 14.2 Å². The van der Waals surface area contributed by atoms with E-state index in [2.05, 4.69) is 4.98 Å². The highest BCUT2D eigenvalue weighted by Crippen LogP contribution is 2.22. The smallest absolute Gasteiger partial charge is 0.338 e. The molecule has 1 fully saturated rings. The molecular formula is C24H23FN2O6S. The van der Waals surface area contributed by atoms with Crippen LogP contribution >= 0.6 is 0 Å². The van der Waals surface area contributed by atoms with Gasteiger partial charge in [0.15, 0.2) is 0 Å². The predicted octanol–water partition coefficient (Wildman–Crippen LogP) is 3.18. The standard InChI is InChI=1S/C24H23FN2O6S/c25-22-9-6-19(15-23(22)34(29,30)27-11-13-31-14-12-27)24(28)33-16-18-4-7-21(8-5-18)32-17-20-3-1-2-10-26-20/h1-10,15H,11-14,16-17H2. The van der Waals surface area contributed by atoms with E-state index in [0.717, 1.165) is 22.1 Å². The zero-order chi connectivity index (χ0) is 24.0. The van der Waals surface area contributed by atoms with Crippen LogP contribution in [0.25, 0.3) is 0 Å². The molecular weight excluding hydrogens is 463 g/mol. The number of carbonyl (C=O) groups is 1. The van der Waals surface area contributed by atoms with Gasteiger partial charge >= 0.3 is 5.97 Å². The summed E-state index contributed by atoms with van der Waals surface area (Å²) in [7, 11) is -4.09. The molecule has 4 rings (SSSR count). The third-order valence-corrected chi connectivity index (χ3v) is 7.07. The molecule has 0 spiro atoms. The van der Waals surface area contributed by atoms with Crippen LogP contribution in [0.1, 0.15) is 21.6 Å². The highest BCUT2D eigenvalue weighted by atomic mass is 32.2. The van der Waals surface area contributed by atoms with Crippen molar-refractivity contribution in [3.05, 3.63) is 89.5 Å². The Morgan fingerprint density at radius 1 is 1.03 bits per heavy atom. The number of halogens is 1. The molecule has 0 saturated carbocycles. The number of benzene rings is 2. The summed E-state index contributed by atoms with van der Waals surface area (Å²) < 4.78 is 57.2. The lowest BCUT2D eigenvalue weighted by molar-refractivity contribution is 0.0472. The van der Waals surface area contributed by atoms with Crippen LogP contribution in [0.4, 0.5) is 4.39 Å². The largest absolute Gasteiger partial charge is 0.487 e. The van der Waals surface area contributed by atoms with E-state index >= 15 is 0 Å². The van der Waals surface area contributed by atoms with Gasteiger partial charge in [0.2, 0.25) is 10.0 Å². The first-order chi connectivity index (χ1) is 16.4. The molecule has 1 aromatic heterocycles. The van der Waals surface area contributed by atoms with Crippen molar-refractivity contribution in [2.24, 2.45) is 0 Å². The molecule has 1 saturated heterocycles. The van der Waals surface area contributed by atoms with Gasteiger partial charge in [-0.1, -0.05) is 18.2 Å². The van der Waals surface area contributed by atoms with Crippen LogP contribution in [0, 0.1) is 5.82 Å². The molecule has 0 atom stereocenters. The average Bonchev–Trinajstić information content (AvgIpc) is 2.88. The van der Waals surface area contributed by atoms with Gasteiger partial charge in [-0.2, -0.15) is 4.31 Å². The Kier molecular flexibility index (Phi) is 7.51. The second-order valence-corrected chi connectivity index (χ2v) is 9.40. The SMILES string of the molecule is O=C(OCc1ccc(OCc2ccccn2)cc1)c1ccc(F)c(S(=O)(=O)N2CCOCC2)c1. The van der Waals surface area contributed by atoms with E-state index in [1.54, 1.807) is 30.5 Å². The third-order valence-electron chi connectivity index (χ3n) is 5.16. The van der Waals surface area contributed by atoms with Gasteiger partial charge in [0.25, 0.3) is 0 Å². The molecule has 0 amide bonds. The van der Waals surface area contributed by atoms with E-state index in [0.29, 0.717) is 17.9 Å². The summed E-state index contributed by atoms with van der Waals surface area (Å²) in [5.41, 5.74) is 1.46.